The van der Waals surface area contributed by atoms with Crippen LogP contribution in [0.2, 0.25) is 0 Å². The quantitative estimate of drug-likeness (QED) is 0.813. The molecule has 0 aliphatic rings. The van der Waals surface area contributed by atoms with Gasteiger partial charge < -0.3 is 10.2 Å². The molecule has 0 saturated carbocycles. The van der Waals surface area contributed by atoms with Crippen molar-refractivity contribution in [2.75, 3.05) is 20.6 Å². The molecule has 0 unspecified atom stereocenters. The summed E-state index contributed by atoms with van der Waals surface area (Å²) in [7, 11) is 3.54. The SMILES string of the molecule is C[C@@H](NCCC(=O)N(C)C)c1ccccn1. The number of carbonyl (C=O) groups excluding carboxylic acids is 1. The van der Waals surface area contributed by atoms with Gasteiger partial charge in [0.25, 0.3) is 0 Å². The molecular weight excluding hydrogens is 202 g/mol. The van der Waals surface area contributed by atoms with Crippen LogP contribution in [0.4, 0.5) is 0 Å². The topological polar surface area (TPSA) is 45.2 Å². The first kappa shape index (κ1) is 12.6. The first-order valence-electron chi connectivity index (χ1n) is 5.45. The summed E-state index contributed by atoms with van der Waals surface area (Å²) < 4.78 is 0. The minimum absolute atomic E-state index is 0.140. The van der Waals surface area contributed by atoms with Crippen molar-refractivity contribution in [3.05, 3.63) is 30.1 Å². The van der Waals surface area contributed by atoms with Gasteiger partial charge in [-0.1, -0.05) is 6.07 Å². The number of nitrogens with one attached hydrogen (secondary N) is 1. The molecule has 88 valence electrons. The maximum Gasteiger partial charge on any atom is 0.223 e. The first-order chi connectivity index (χ1) is 7.61. The van der Waals surface area contributed by atoms with Crippen molar-refractivity contribution in [1.29, 1.82) is 0 Å². The smallest absolute Gasteiger partial charge is 0.223 e. The molecule has 0 fully saturated rings. The van der Waals surface area contributed by atoms with Crippen LogP contribution in [0.3, 0.4) is 0 Å². The molecule has 1 aromatic rings. The Bertz CT molecular complexity index is 324. The normalized spacial score (nSPS) is 12.2. The molecule has 0 aliphatic carbocycles. The van der Waals surface area contributed by atoms with Crippen LogP contribution >= 0.6 is 0 Å². The number of pyridine rings is 1. The predicted molar refractivity (Wildman–Crippen MR) is 64.0 cm³/mol. The van der Waals surface area contributed by atoms with Crippen molar-refractivity contribution >= 4 is 5.91 Å². The van der Waals surface area contributed by atoms with Crippen LogP contribution in [0.25, 0.3) is 0 Å². The summed E-state index contributed by atoms with van der Waals surface area (Å²) in [5.41, 5.74) is 1.000. The fourth-order valence-electron chi connectivity index (χ4n) is 1.36. The predicted octanol–water partition coefficient (Wildman–Crippen LogP) is 1.21. The van der Waals surface area contributed by atoms with Gasteiger partial charge in [0.05, 0.1) is 5.69 Å². The molecule has 0 radical (unpaired) electrons. The third kappa shape index (κ3) is 3.98. The Morgan fingerprint density at radius 2 is 2.25 bits per heavy atom. The van der Waals surface area contributed by atoms with Crippen molar-refractivity contribution in [2.24, 2.45) is 0 Å². The van der Waals surface area contributed by atoms with Gasteiger partial charge in [0.1, 0.15) is 0 Å². The molecule has 1 rings (SSSR count). The van der Waals surface area contributed by atoms with E-state index >= 15 is 0 Å². The van der Waals surface area contributed by atoms with Crippen LogP contribution in [0, 0.1) is 0 Å². The van der Waals surface area contributed by atoms with Gasteiger partial charge in [-0.25, -0.2) is 0 Å². The zero-order valence-corrected chi connectivity index (χ0v) is 10.1. The van der Waals surface area contributed by atoms with Gasteiger partial charge in [-0.05, 0) is 19.1 Å². The van der Waals surface area contributed by atoms with E-state index in [2.05, 4.69) is 10.3 Å². The van der Waals surface area contributed by atoms with Crippen LogP contribution in [0.5, 0.6) is 0 Å². The summed E-state index contributed by atoms with van der Waals surface area (Å²) in [6, 6.07) is 6.01. The van der Waals surface area contributed by atoms with Crippen LogP contribution in [-0.2, 0) is 4.79 Å². The molecule has 1 heterocycles. The lowest BCUT2D eigenvalue weighted by Gasteiger charge is -2.14. The Morgan fingerprint density at radius 3 is 2.81 bits per heavy atom. The Morgan fingerprint density at radius 1 is 1.50 bits per heavy atom. The zero-order valence-electron chi connectivity index (χ0n) is 10.1. The number of nitrogens with zero attached hydrogens (tertiary/aromatic N) is 2. The highest BCUT2D eigenvalue weighted by molar-refractivity contribution is 5.75. The number of amides is 1. The Kier molecular flexibility index (Phi) is 4.92. The Labute approximate surface area is 96.7 Å². The fraction of sp³-hybridized carbons (Fsp3) is 0.500. The summed E-state index contributed by atoms with van der Waals surface area (Å²) >= 11 is 0. The molecular formula is C12H19N3O. The summed E-state index contributed by atoms with van der Waals surface area (Å²) in [6.45, 7) is 2.72. The van der Waals surface area contributed by atoms with E-state index in [1.807, 2.05) is 25.1 Å². The van der Waals surface area contributed by atoms with E-state index in [9.17, 15) is 4.79 Å². The zero-order chi connectivity index (χ0) is 12.0. The second kappa shape index (κ2) is 6.23. The molecule has 16 heavy (non-hydrogen) atoms. The number of hydrogen-bond donors (Lipinski definition) is 1. The standard InChI is InChI=1S/C12H19N3O/c1-10(11-6-4-5-8-14-11)13-9-7-12(16)15(2)3/h4-6,8,10,13H,7,9H2,1-3H3/t10-/m1/s1. The van der Waals surface area contributed by atoms with Crippen LogP contribution in [0.15, 0.2) is 24.4 Å². The highest BCUT2D eigenvalue weighted by Gasteiger charge is 2.07. The Balaban J connectivity index is 2.31. The molecule has 4 heteroatoms. The lowest BCUT2D eigenvalue weighted by atomic mass is 10.2. The minimum Gasteiger partial charge on any atom is -0.349 e. The molecule has 1 N–H and O–H groups in total. The van der Waals surface area contributed by atoms with E-state index in [-0.39, 0.29) is 11.9 Å². The fourth-order valence-corrected chi connectivity index (χ4v) is 1.36. The number of hydrogen-bond acceptors (Lipinski definition) is 3. The third-order valence-electron chi connectivity index (χ3n) is 2.42. The number of rotatable bonds is 5. The second-order valence-corrected chi connectivity index (χ2v) is 3.97. The van der Waals surface area contributed by atoms with Crippen molar-refractivity contribution < 1.29 is 4.79 Å². The lowest BCUT2D eigenvalue weighted by molar-refractivity contribution is -0.128. The molecule has 1 aromatic heterocycles. The maximum atomic E-state index is 11.3. The van der Waals surface area contributed by atoms with Gasteiger partial charge in [-0.3, -0.25) is 9.78 Å². The number of carbonyl (C=O) groups is 1. The summed E-state index contributed by atoms with van der Waals surface area (Å²) in [6.07, 6.45) is 2.29. The summed E-state index contributed by atoms with van der Waals surface area (Å²) in [4.78, 5) is 17.2. The molecule has 1 amide bonds. The van der Waals surface area contributed by atoms with E-state index in [1.165, 1.54) is 0 Å². The van der Waals surface area contributed by atoms with Crippen molar-refractivity contribution in [2.45, 2.75) is 19.4 Å². The largest absolute Gasteiger partial charge is 0.349 e. The van der Waals surface area contributed by atoms with Gasteiger partial charge in [0.2, 0.25) is 5.91 Å². The van der Waals surface area contributed by atoms with Crippen molar-refractivity contribution in [3.63, 3.8) is 0 Å². The van der Waals surface area contributed by atoms with Gasteiger partial charge in [-0.2, -0.15) is 0 Å². The monoisotopic (exact) mass is 221 g/mol. The molecule has 0 bridgehead atoms. The van der Waals surface area contributed by atoms with Crippen molar-refractivity contribution in [3.8, 4) is 0 Å². The van der Waals surface area contributed by atoms with Crippen molar-refractivity contribution in [1.82, 2.24) is 15.2 Å². The van der Waals surface area contributed by atoms with Gasteiger partial charge in [-0.15, -0.1) is 0 Å². The third-order valence-corrected chi connectivity index (χ3v) is 2.42. The average Bonchev–Trinajstić information content (AvgIpc) is 2.29. The molecule has 4 nitrogen and oxygen atoms in total. The summed E-state index contributed by atoms with van der Waals surface area (Å²) in [5, 5.41) is 3.27. The molecule has 0 spiro atoms. The molecule has 0 aliphatic heterocycles. The van der Waals surface area contributed by atoms with Crippen LogP contribution < -0.4 is 5.32 Å². The maximum absolute atomic E-state index is 11.3. The minimum atomic E-state index is 0.140. The van der Waals surface area contributed by atoms with Crippen LogP contribution in [0.1, 0.15) is 25.1 Å². The van der Waals surface area contributed by atoms with E-state index < -0.39 is 0 Å². The van der Waals surface area contributed by atoms with E-state index in [0.717, 1.165) is 5.69 Å². The van der Waals surface area contributed by atoms with E-state index in [4.69, 9.17) is 0 Å². The lowest BCUT2D eigenvalue weighted by Crippen LogP contribution is -2.28. The van der Waals surface area contributed by atoms with Gasteiger partial charge in [0.15, 0.2) is 0 Å². The van der Waals surface area contributed by atoms with Crippen LogP contribution in [-0.4, -0.2) is 36.4 Å². The number of aromatic nitrogens is 1. The highest BCUT2D eigenvalue weighted by Crippen LogP contribution is 2.07. The van der Waals surface area contributed by atoms with Gasteiger partial charge >= 0.3 is 0 Å². The van der Waals surface area contributed by atoms with Gasteiger partial charge in [0, 0.05) is 39.3 Å². The van der Waals surface area contributed by atoms with E-state index in [1.54, 1.807) is 25.2 Å². The molecule has 1 atom stereocenters. The molecule has 0 saturated heterocycles. The second-order valence-electron chi connectivity index (χ2n) is 3.97. The molecule has 0 aromatic carbocycles. The highest BCUT2D eigenvalue weighted by atomic mass is 16.2. The Hall–Kier alpha value is -1.42. The average molecular weight is 221 g/mol. The van der Waals surface area contributed by atoms with E-state index in [0.29, 0.717) is 13.0 Å². The summed E-state index contributed by atoms with van der Waals surface area (Å²) in [5.74, 6) is 0.140. The first-order valence-corrected chi connectivity index (χ1v) is 5.45.